The molecule has 0 radical (unpaired) electrons. The molecule has 0 rings (SSSR count). The fraction of sp³-hybridized carbons (Fsp3) is 0.800. The number of ether oxygens (including phenoxy) is 1. The maximum Gasteiger partial charge on any atom is 0.381 e. The molecule has 0 aliphatic rings. The SMILES string of the molecule is CCC(OC)(C(C)=O)C(=O)OOC(C)C. The van der Waals surface area contributed by atoms with Crippen LogP contribution < -0.4 is 0 Å². The first-order valence-electron chi connectivity index (χ1n) is 4.84. The lowest BCUT2D eigenvalue weighted by Gasteiger charge is -2.25. The molecule has 1 atom stereocenters. The Morgan fingerprint density at radius 1 is 1.33 bits per heavy atom. The Hall–Kier alpha value is -0.940. The van der Waals surface area contributed by atoms with Crippen LogP contribution in [0.2, 0.25) is 0 Å². The molecular weight excluding hydrogens is 200 g/mol. The van der Waals surface area contributed by atoms with Crippen LogP contribution in [0.3, 0.4) is 0 Å². The highest BCUT2D eigenvalue weighted by Gasteiger charge is 2.44. The lowest BCUT2D eigenvalue weighted by atomic mass is 9.96. The van der Waals surface area contributed by atoms with Crippen LogP contribution in [0.5, 0.6) is 0 Å². The maximum atomic E-state index is 11.6. The van der Waals surface area contributed by atoms with Gasteiger partial charge < -0.3 is 4.74 Å². The van der Waals surface area contributed by atoms with Crippen molar-refractivity contribution in [2.24, 2.45) is 0 Å². The van der Waals surface area contributed by atoms with Crippen LogP contribution in [0, 0.1) is 0 Å². The van der Waals surface area contributed by atoms with Gasteiger partial charge in [0.25, 0.3) is 0 Å². The Morgan fingerprint density at radius 3 is 2.13 bits per heavy atom. The van der Waals surface area contributed by atoms with Crippen molar-refractivity contribution in [3.8, 4) is 0 Å². The summed E-state index contributed by atoms with van der Waals surface area (Å²) >= 11 is 0. The van der Waals surface area contributed by atoms with E-state index in [9.17, 15) is 9.59 Å². The molecule has 0 heterocycles. The molecule has 0 spiro atoms. The Kier molecular flexibility index (Phi) is 5.46. The summed E-state index contributed by atoms with van der Waals surface area (Å²) in [7, 11) is 1.29. The van der Waals surface area contributed by atoms with Crippen LogP contribution >= 0.6 is 0 Å². The molecule has 0 saturated heterocycles. The van der Waals surface area contributed by atoms with Crippen LogP contribution in [-0.4, -0.2) is 30.6 Å². The van der Waals surface area contributed by atoms with Gasteiger partial charge in [-0.25, -0.2) is 4.79 Å². The van der Waals surface area contributed by atoms with Gasteiger partial charge in [0, 0.05) is 7.11 Å². The normalized spacial score (nSPS) is 14.8. The van der Waals surface area contributed by atoms with Gasteiger partial charge in [-0.2, -0.15) is 4.89 Å². The lowest BCUT2D eigenvalue weighted by Crippen LogP contribution is -2.48. The minimum Gasteiger partial charge on any atom is -0.359 e. The van der Waals surface area contributed by atoms with Gasteiger partial charge in [-0.3, -0.25) is 9.68 Å². The first-order chi connectivity index (χ1) is 6.90. The molecule has 0 aromatic carbocycles. The average Bonchev–Trinajstić information content (AvgIpc) is 2.17. The number of carbonyl (C=O) groups excluding carboxylic acids is 2. The van der Waals surface area contributed by atoms with Crippen LogP contribution in [0.4, 0.5) is 0 Å². The van der Waals surface area contributed by atoms with Crippen molar-refractivity contribution in [3.05, 3.63) is 0 Å². The summed E-state index contributed by atoms with van der Waals surface area (Å²) in [6, 6.07) is 0. The van der Waals surface area contributed by atoms with E-state index in [1.807, 2.05) is 0 Å². The monoisotopic (exact) mass is 218 g/mol. The zero-order valence-electron chi connectivity index (χ0n) is 9.83. The molecule has 15 heavy (non-hydrogen) atoms. The van der Waals surface area contributed by atoms with Crippen molar-refractivity contribution in [1.82, 2.24) is 0 Å². The average molecular weight is 218 g/mol. The molecular formula is C10H18O5. The summed E-state index contributed by atoms with van der Waals surface area (Å²) in [6.45, 7) is 6.37. The third-order valence-corrected chi connectivity index (χ3v) is 2.06. The highest BCUT2D eigenvalue weighted by Crippen LogP contribution is 2.19. The summed E-state index contributed by atoms with van der Waals surface area (Å²) in [6.07, 6.45) is -0.0496. The third-order valence-electron chi connectivity index (χ3n) is 2.06. The van der Waals surface area contributed by atoms with Gasteiger partial charge in [0.05, 0.1) is 6.10 Å². The largest absolute Gasteiger partial charge is 0.381 e. The molecule has 0 aromatic rings. The predicted molar refractivity (Wildman–Crippen MR) is 53.0 cm³/mol. The summed E-state index contributed by atoms with van der Waals surface area (Å²) in [4.78, 5) is 32.1. The highest BCUT2D eigenvalue weighted by molar-refractivity contribution is 6.05. The van der Waals surface area contributed by atoms with Crippen LogP contribution in [0.1, 0.15) is 34.1 Å². The molecule has 0 aliphatic carbocycles. The minimum atomic E-state index is -1.55. The molecule has 5 heteroatoms. The molecule has 0 aromatic heterocycles. The second-order valence-electron chi connectivity index (χ2n) is 3.46. The summed E-state index contributed by atoms with van der Waals surface area (Å²) in [5.74, 6) is -1.21. The molecule has 0 aliphatic heterocycles. The van der Waals surface area contributed by atoms with Crippen molar-refractivity contribution in [1.29, 1.82) is 0 Å². The van der Waals surface area contributed by atoms with Gasteiger partial charge in [-0.05, 0) is 27.2 Å². The second-order valence-corrected chi connectivity index (χ2v) is 3.46. The summed E-state index contributed by atoms with van der Waals surface area (Å²) in [5.41, 5.74) is -1.55. The predicted octanol–water partition coefficient (Wildman–Crippen LogP) is 1.25. The second kappa shape index (κ2) is 5.82. The van der Waals surface area contributed by atoms with E-state index in [2.05, 4.69) is 9.78 Å². The molecule has 0 fully saturated rings. The third kappa shape index (κ3) is 3.28. The standard InChI is InChI=1S/C10H18O5/c1-6-10(13-5,8(4)11)9(12)15-14-7(2)3/h7H,6H2,1-5H3. The Labute approximate surface area is 89.6 Å². The smallest absolute Gasteiger partial charge is 0.359 e. The fourth-order valence-corrected chi connectivity index (χ4v) is 1.12. The van der Waals surface area contributed by atoms with E-state index >= 15 is 0 Å². The number of rotatable bonds is 6. The van der Waals surface area contributed by atoms with E-state index in [0.29, 0.717) is 0 Å². The highest BCUT2D eigenvalue weighted by atomic mass is 17.2. The molecule has 5 nitrogen and oxygen atoms in total. The van der Waals surface area contributed by atoms with Crippen molar-refractivity contribution in [2.75, 3.05) is 7.11 Å². The Bertz CT molecular complexity index is 230. The van der Waals surface area contributed by atoms with Gasteiger partial charge in [-0.1, -0.05) is 6.92 Å². The van der Waals surface area contributed by atoms with Crippen LogP contribution in [0.15, 0.2) is 0 Å². The van der Waals surface area contributed by atoms with E-state index in [0.717, 1.165) is 0 Å². The fourth-order valence-electron chi connectivity index (χ4n) is 1.12. The van der Waals surface area contributed by atoms with Gasteiger partial charge >= 0.3 is 5.97 Å². The number of Topliss-reactive ketones (excluding diaryl/α,β-unsaturated/α-hetero) is 1. The number of hydrogen-bond donors (Lipinski definition) is 0. The molecule has 1 unspecified atom stereocenters. The van der Waals surface area contributed by atoms with E-state index in [4.69, 9.17) is 4.74 Å². The zero-order chi connectivity index (χ0) is 12.1. The molecule has 0 N–H and O–H groups in total. The van der Waals surface area contributed by atoms with Gasteiger partial charge in [0.15, 0.2) is 5.78 Å². The number of ketones is 1. The van der Waals surface area contributed by atoms with E-state index < -0.39 is 17.4 Å². The van der Waals surface area contributed by atoms with E-state index in [1.165, 1.54) is 14.0 Å². The first kappa shape index (κ1) is 14.1. The van der Waals surface area contributed by atoms with Crippen LogP contribution in [-0.2, 0) is 24.1 Å². The van der Waals surface area contributed by atoms with Crippen molar-refractivity contribution >= 4 is 11.8 Å². The van der Waals surface area contributed by atoms with Crippen molar-refractivity contribution in [2.45, 2.75) is 45.8 Å². The Morgan fingerprint density at radius 2 is 1.87 bits per heavy atom. The molecule has 0 amide bonds. The molecule has 0 bridgehead atoms. The van der Waals surface area contributed by atoms with Gasteiger partial charge in [0.1, 0.15) is 0 Å². The number of carbonyl (C=O) groups is 2. The number of hydrogen-bond acceptors (Lipinski definition) is 5. The topological polar surface area (TPSA) is 61.8 Å². The minimum absolute atomic E-state index is 0.207. The van der Waals surface area contributed by atoms with Crippen molar-refractivity contribution in [3.63, 3.8) is 0 Å². The molecule has 0 saturated carbocycles. The Balaban J connectivity index is 4.63. The van der Waals surface area contributed by atoms with Gasteiger partial charge in [0.2, 0.25) is 5.60 Å². The first-order valence-corrected chi connectivity index (χ1v) is 4.84. The lowest BCUT2D eigenvalue weighted by molar-refractivity contribution is -0.302. The van der Waals surface area contributed by atoms with E-state index in [-0.39, 0.29) is 12.5 Å². The summed E-state index contributed by atoms with van der Waals surface area (Å²) in [5, 5.41) is 0. The summed E-state index contributed by atoms with van der Waals surface area (Å²) < 4.78 is 4.94. The van der Waals surface area contributed by atoms with Crippen molar-refractivity contribution < 1.29 is 24.1 Å². The molecule has 88 valence electrons. The number of methoxy groups -OCH3 is 1. The van der Waals surface area contributed by atoms with E-state index in [1.54, 1.807) is 20.8 Å². The van der Waals surface area contributed by atoms with Gasteiger partial charge in [-0.15, -0.1) is 0 Å². The quantitative estimate of drug-likeness (QED) is 0.381. The zero-order valence-corrected chi connectivity index (χ0v) is 9.83. The van der Waals surface area contributed by atoms with Crippen LogP contribution in [0.25, 0.3) is 0 Å². The maximum absolute atomic E-state index is 11.6.